The number of aryl methyl sites for hydroxylation is 3. The molecule has 4 aliphatic rings. The molecular formula is C61H73N3O9S2. The number of ketones is 1. The molecule has 398 valence electrons. The Bertz CT molecular complexity index is 2840. The quantitative estimate of drug-likeness (QED) is 0.0388. The van der Waals surface area contributed by atoms with Gasteiger partial charge in [-0.25, -0.2) is 0 Å². The first-order valence-electron chi connectivity index (χ1n) is 26.7. The smallest absolute Gasteiger partial charge is 0.258 e. The molecule has 0 unspecified atom stereocenters. The normalized spacial score (nSPS) is 16.6. The number of ether oxygens (including phenoxy) is 6. The molecule has 0 fully saturated rings. The summed E-state index contributed by atoms with van der Waals surface area (Å²) in [4.78, 5) is 47.0. The van der Waals surface area contributed by atoms with Crippen molar-refractivity contribution in [3.05, 3.63) is 141 Å². The average Bonchev–Trinajstić information content (AvgIpc) is 3.92. The summed E-state index contributed by atoms with van der Waals surface area (Å²) in [5.41, 5.74) is 11.6. The molecule has 2 amide bonds. The van der Waals surface area contributed by atoms with E-state index in [1.165, 1.54) is 11.1 Å². The second-order valence-corrected chi connectivity index (χ2v) is 23.8. The second kappa shape index (κ2) is 25.1. The minimum atomic E-state index is -0.177. The Morgan fingerprint density at radius 3 is 1.88 bits per heavy atom. The maximum Gasteiger partial charge on any atom is 0.258 e. The molecule has 2 atom stereocenters. The summed E-state index contributed by atoms with van der Waals surface area (Å²) in [6.07, 6.45) is 7.04. The summed E-state index contributed by atoms with van der Waals surface area (Å²) in [6, 6.07) is 31.2. The van der Waals surface area contributed by atoms with Crippen LogP contribution < -0.4 is 28.9 Å². The van der Waals surface area contributed by atoms with Crippen molar-refractivity contribution in [2.45, 2.75) is 116 Å². The third kappa shape index (κ3) is 13.0. The number of para-hydroxylation sites is 2. The molecule has 0 radical (unpaired) electrons. The van der Waals surface area contributed by atoms with Crippen molar-refractivity contribution in [2.75, 3.05) is 80.8 Å². The average molecular weight is 1060 g/mol. The summed E-state index contributed by atoms with van der Waals surface area (Å²) in [6.45, 7) is 12.8. The van der Waals surface area contributed by atoms with Crippen LogP contribution in [0.25, 0.3) is 0 Å². The molecule has 0 aliphatic carbocycles. The Morgan fingerprint density at radius 2 is 1.27 bits per heavy atom. The van der Waals surface area contributed by atoms with E-state index in [2.05, 4.69) is 67.3 Å². The summed E-state index contributed by atoms with van der Waals surface area (Å²) in [5.74, 6) is 3.11. The van der Waals surface area contributed by atoms with Crippen LogP contribution in [0.4, 0.5) is 17.1 Å². The Morgan fingerprint density at radius 1 is 0.693 bits per heavy atom. The Kier molecular flexibility index (Phi) is 18.2. The highest BCUT2D eigenvalue weighted by Crippen LogP contribution is 2.43. The van der Waals surface area contributed by atoms with Gasteiger partial charge in [0.25, 0.3) is 11.8 Å². The zero-order chi connectivity index (χ0) is 52.5. The molecule has 75 heavy (non-hydrogen) atoms. The van der Waals surface area contributed by atoms with E-state index in [0.717, 1.165) is 107 Å². The third-order valence-electron chi connectivity index (χ3n) is 14.8. The number of benzene rings is 5. The molecule has 4 aliphatic heterocycles. The van der Waals surface area contributed by atoms with Crippen LogP contribution in [0.2, 0.25) is 0 Å². The van der Waals surface area contributed by atoms with Crippen LogP contribution in [0.1, 0.15) is 113 Å². The fraction of sp³-hybridized carbons (Fsp3) is 0.459. The van der Waals surface area contributed by atoms with Crippen molar-refractivity contribution >= 4 is 56.2 Å². The molecule has 5 aromatic rings. The SMILES string of the molecule is CCC(=O)CCCSSC(C)(C)CN(CCOCCOCCOC)c1cc(COc2cc3c(cc2C)C(=O)N2c4ccccc4C[C@H]2CC3)cc(COc2cc3c(cc2OC)C(=O)N2c4ccccc4C[C@H]2CC3)c1. The number of hydrogen-bond acceptors (Lipinski definition) is 12. The minimum absolute atomic E-state index is 0.00385. The van der Waals surface area contributed by atoms with Gasteiger partial charge in [-0.3, -0.25) is 14.4 Å². The third-order valence-corrected chi connectivity index (χ3v) is 18.1. The van der Waals surface area contributed by atoms with Gasteiger partial charge in [0.05, 0.1) is 40.1 Å². The van der Waals surface area contributed by atoms with Gasteiger partial charge in [-0.05, 0) is 159 Å². The molecule has 4 heterocycles. The molecule has 0 saturated heterocycles. The lowest BCUT2D eigenvalue weighted by Gasteiger charge is -2.34. The van der Waals surface area contributed by atoms with Crippen molar-refractivity contribution in [3.8, 4) is 17.2 Å². The Balaban J connectivity index is 0.986. The van der Waals surface area contributed by atoms with Crippen molar-refractivity contribution < 1.29 is 42.8 Å². The van der Waals surface area contributed by atoms with Gasteiger partial charge >= 0.3 is 0 Å². The van der Waals surface area contributed by atoms with Crippen LogP contribution in [0.15, 0.2) is 91.0 Å². The molecule has 0 spiro atoms. The zero-order valence-corrected chi connectivity index (χ0v) is 46.2. The molecule has 0 N–H and O–H groups in total. The monoisotopic (exact) mass is 1060 g/mol. The van der Waals surface area contributed by atoms with Crippen molar-refractivity contribution in [1.29, 1.82) is 0 Å². The van der Waals surface area contributed by atoms with Crippen molar-refractivity contribution in [3.63, 3.8) is 0 Å². The highest BCUT2D eigenvalue weighted by Gasteiger charge is 2.39. The van der Waals surface area contributed by atoms with Crippen LogP contribution in [0.5, 0.6) is 17.2 Å². The van der Waals surface area contributed by atoms with Crippen molar-refractivity contribution in [2.24, 2.45) is 0 Å². The highest BCUT2D eigenvalue weighted by atomic mass is 33.1. The standard InChI is InChI=1S/C61H73N3O9S2/c1-7-51(65)15-12-28-74-75-61(3,4)40-62(22-23-70-26-27-71-25-24-68-5)50-31-42(38-72-56-35-44-18-20-48-33-46-13-8-10-16-54(46)63(48)59(66)52(44)29-41(56)2)30-43(32-50)39-73-58-36-45-19-21-49-34-47-14-9-11-17-55(47)64(49)60(67)53(45)37-57(58)69-6/h8-11,13-14,16-17,29-32,35-37,48-49H,7,12,15,18-28,33-34,38-40H2,1-6H3/t48-,49-/m1/s1. The number of nitrogens with zero attached hydrogens (tertiary/aromatic N) is 3. The van der Waals surface area contributed by atoms with E-state index in [9.17, 15) is 14.4 Å². The van der Waals surface area contributed by atoms with Gasteiger partial charge in [0.1, 0.15) is 24.7 Å². The number of carbonyl (C=O) groups is 3. The predicted octanol–water partition coefficient (Wildman–Crippen LogP) is 11.6. The minimum Gasteiger partial charge on any atom is -0.493 e. The van der Waals surface area contributed by atoms with Crippen LogP contribution in [0.3, 0.4) is 0 Å². The number of Topliss-reactive ketones (excluding diaryl/α,β-unsaturated/α-hetero) is 1. The van der Waals surface area contributed by atoms with Crippen LogP contribution in [-0.2, 0) is 57.9 Å². The molecule has 9 rings (SSSR count). The molecule has 0 saturated carbocycles. The zero-order valence-electron chi connectivity index (χ0n) is 44.6. The second-order valence-electron chi connectivity index (χ2n) is 20.7. The number of methoxy groups -OCH3 is 2. The largest absolute Gasteiger partial charge is 0.493 e. The molecule has 5 aromatic carbocycles. The summed E-state index contributed by atoms with van der Waals surface area (Å²) in [7, 11) is 6.95. The molecular weight excluding hydrogens is 983 g/mol. The maximum absolute atomic E-state index is 14.3. The first-order chi connectivity index (χ1) is 36.4. The number of amides is 2. The number of fused-ring (bicyclic) bond motifs is 8. The number of carbonyl (C=O) groups excluding carboxylic acids is 3. The van der Waals surface area contributed by atoms with Gasteiger partial charge in [-0.2, -0.15) is 0 Å². The van der Waals surface area contributed by atoms with E-state index in [4.69, 9.17) is 28.4 Å². The van der Waals surface area contributed by atoms with E-state index < -0.39 is 0 Å². The van der Waals surface area contributed by atoms with E-state index in [0.29, 0.717) is 81.8 Å². The van der Waals surface area contributed by atoms with Gasteiger partial charge in [-0.1, -0.05) is 64.9 Å². The number of anilines is 3. The molecule has 0 bridgehead atoms. The van der Waals surface area contributed by atoms with Gasteiger partial charge in [-0.15, -0.1) is 0 Å². The van der Waals surface area contributed by atoms with Crippen molar-refractivity contribution in [1.82, 2.24) is 0 Å². The van der Waals surface area contributed by atoms with E-state index in [1.807, 2.05) is 87.7 Å². The Labute approximate surface area is 451 Å². The van der Waals surface area contributed by atoms with E-state index in [-0.39, 0.29) is 41.9 Å². The lowest BCUT2D eigenvalue weighted by atomic mass is 9.98. The summed E-state index contributed by atoms with van der Waals surface area (Å²) in [5, 5.41) is 0. The lowest BCUT2D eigenvalue weighted by Crippen LogP contribution is -2.38. The summed E-state index contributed by atoms with van der Waals surface area (Å²) >= 11 is 0. The highest BCUT2D eigenvalue weighted by molar-refractivity contribution is 8.77. The fourth-order valence-corrected chi connectivity index (χ4v) is 13.5. The molecule has 0 aromatic heterocycles. The first kappa shape index (κ1) is 54.3. The van der Waals surface area contributed by atoms with Crippen LogP contribution >= 0.6 is 21.6 Å². The number of rotatable bonds is 26. The fourth-order valence-electron chi connectivity index (χ4n) is 11.0. The van der Waals surface area contributed by atoms with Gasteiger partial charge in [0, 0.05) is 83.8 Å². The first-order valence-corrected chi connectivity index (χ1v) is 29.0. The van der Waals surface area contributed by atoms with Gasteiger partial charge in [0.2, 0.25) is 0 Å². The molecule has 14 heteroatoms. The van der Waals surface area contributed by atoms with E-state index >= 15 is 0 Å². The molecule has 12 nitrogen and oxygen atoms in total. The topological polar surface area (TPSA) is 116 Å². The summed E-state index contributed by atoms with van der Waals surface area (Å²) < 4.78 is 36.3. The predicted molar refractivity (Wildman–Crippen MR) is 302 cm³/mol. The van der Waals surface area contributed by atoms with Crippen LogP contribution in [-0.4, -0.2) is 101 Å². The van der Waals surface area contributed by atoms with Gasteiger partial charge < -0.3 is 43.1 Å². The van der Waals surface area contributed by atoms with E-state index in [1.54, 1.807) is 14.2 Å². The van der Waals surface area contributed by atoms with Crippen LogP contribution in [0, 0.1) is 6.92 Å². The van der Waals surface area contributed by atoms with Gasteiger partial charge in [0.15, 0.2) is 11.5 Å². The Hall–Kier alpha value is -5.51. The maximum atomic E-state index is 14.3. The lowest BCUT2D eigenvalue weighted by molar-refractivity contribution is -0.118. The number of hydrogen-bond donors (Lipinski definition) is 0.